The molecule has 1 aliphatic rings. The van der Waals surface area contributed by atoms with E-state index in [0.29, 0.717) is 25.1 Å². The number of benzene rings is 3. The van der Waals surface area contributed by atoms with Crippen LogP contribution in [0.1, 0.15) is 49.8 Å². The number of rotatable bonds is 10. The van der Waals surface area contributed by atoms with E-state index >= 15 is 0 Å². The van der Waals surface area contributed by atoms with E-state index in [-0.39, 0.29) is 24.2 Å². The van der Waals surface area contributed by atoms with Gasteiger partial charge in [-0.3, -0.25) is 14.5 Å². The summed E-state index contributed by atoms with van der Waals surface area (Å²) >= 11 is 0. The Morgan fingerprint density at radius 3 is 2.07 bits per heavy atom. The summed E-state index contributed by atoms with van der Waals surface area (Å²) in [6.07, 6.45) is 0.374. The van der Waals surface area contributed by atoms with Crippen molar-refractivity contribution in [3.05, 3.63) is 102 Å². The van der Waals surface area contributed by atoms with Gasteiger partial charge in [0.15, 0.2) is 0 Å². The van der Waals surface area contributed by atoms with Gasteiger partial charge in [0, 0.05) is 18.0 Å². The number of amides is 3. The molecule has 0 spiro atoms. The van der Waals surface area contributed by atoms with E-state index in [9.17, 15) is 14.4 Å². The molecule has 1 fully saturated rings. The first-order valence-electron chi connectivity index (χ1n) is 14.6. The molecular formula is C34H42N4O5. The molecular weight excluding hydrogens is 544 g/mol. The first-order chi connectivity index (χ1) is 20.6. The first kappa shape index (κ1) is 31.7. The normalized spacial score (nSPS) is 17.6. The van der Waals surface area contributed by atoms with Crippen LogP contribution in [0.3, 0.4) is 0 Å². The lowest BCUT2D eigenvalue weighted by molar-refractivity contribution is -0.129. The van der Waals surface area contributed by atoms with Gasteiger partial charge in [-0.1, -0.05) is 78.9 Å². The van der Waals surface area contributed by atoms with Crippen LogP contribution >= 0.6 is 0 Å². The summed E-state index contributed by atoms with van der Waals surface area (Å²) in [6, 6.07) is 25.1. The molecule has 0 radical (unpaired) electrons. The molecule has 4 N–H and O–H groups in total. The Labute approximate surface area is 253 Å². The lowest BCUT2D eigenvalue weighted by atomic mass is 9.83. The van der Waals surface area contributed by atoms with Crippen LogP contribution in [-0.4, -0.2) is 61.9 Å². The van der Waals surface area contributed by atoms with Gasteiger partial charge in [0.05, 0.1) is 25.5 Å². The number of ether oxygens (including phenoxy) is 2. The third-order valence-electron chi connectivity index (χ3n) is 7.47. The molecule has 228 valence electrons. The summed E-state index contributed by atoms with van der Waals surface area (Å²) < 4.78 is 11.3. The molecule has 0 aromatic heterocycles. The SMILES string of the molecule is COC(=O)N(c1ccccc1CC[C@@H]1CN[C@H](C(=O)NC(C)(C)C)CO1)[C@H](C(N)=O)C(c1ccccc1)c1ccccc1. The Morgan fingerprint density at radius 1 is 0.977 bits per heavy atom. The van der Waals surface area contributed by atoms with Gasteiger partial charge < -0.3 is 25.8 Å². The van der Waals surface area contributed by atoms with Gasteiger partial charge in [-0.2, -0.15) is 0 Å². The molecule has 3 aromatic rings. The summed E-state index contributed by atoms with van der Waals surface area (Å²) in [7, 11) is 1.30. The predicted molar refractivity (Wildman–Crippen MR) is 167 cm³/mol. The van der Waals surface area contributed by atoms with Crippen LogP contribution in [0.2, 0.25) is 0 Å². The molecule has 1 heterocycles. The van der Waals surface area contributed by atoms with Crippen LogP contribution in [-0.2, 0) is 25.5 Å². The number of methoxy groups -OCH3 is 1. The number of anilines is 1. The van der Waals surface area contributed by atoms with Crippen molar-refractivity contribution in [3.8, 4) is 0 Å². The van der Waals surface area contributed by atoms with Crippen molar-refractivity contribution in [2.24, 2.45) is 5.73 Å². The van der Waals surface area contributed by atoms with E-state index in [1.807, 2.05) is 106 Å². The van der Waals surface area contributed by atoms with E-state index in [1.54, 1.807) is 0 Å². The number of para-hydroxylation sites is 1. The van der Waals surface area contributed by atoms with Gasteiger partial charge in [0.25, 0.3) is 0 Å². The van der Waals surface area contributed by atoms with Gasteiger partial charge in [0.2, 0.25) is 11.8 Å². The van der Waals surface area contributed by atoms with Gasteiger partial charge in [-0.05, 0) is 56.4 Å². The number of carbonyl (C=O) groups is 3. The van der Waals surface area contributed by atoms with E-state index in [0.717, 1.165) is 16.7 Å². The van der Waals surface area contributed by atoms with E-state index in [1.165, 1.54) is 12.0 Å². The maximum atomic E-state index is 13.5. The van der Waals surface area contributed by atoms with Crippen molar-refractivity contribution in [2.45, 2.75) is 63.3 Å². The Morgan fingerprint density at radius 2 is 1.56 bits per heavy atom. The largest absolute Gasteiger partial charge is 0.452 e. The fraction of sp³-hybridized carbons (Fsp3) is 0.382. The number of nitrogens with two attached hydrogens (primary N) is 1. The summed E-state index contributed by atoms with van der Waals surface area (Å²) in [4.78, 5) is 40.8. The molecule has 0 saturated carbocycles. The fourth-order valence-electron chi connectivity index (χ4n) is 5.49. The number of nitrogens with zero attached hydrogens (tertiary/aromatic N) is 1. The quantitative estimate of drug-likeness (QED) is 0.328. The summed E-state index contributed by atoms with van der Waals surface area (Å²) in [5.41, 5.74) is 8.86. The van der Waals surface area contributed by atoms with Gasteiger partial charge in [0.1, 0.15) is 12.1 Å². The van der Waals surface area contributed by atoms with Crippen molar-refractivity contribution < 1.29 is 23.9 Å². The second-order valence-electron chi connectivity index (χ2n) is 11.8. The van der Waals surface area contributed by atoms with Crippen LogP contribution in [0, 0.1) is 0 Å². The third kappa shape index (κ3) is 8.21. The average molecular weight is 587 g/mol. The number of nitrogens with one attached hydrogen (secondary N) is 2. The second-order valence-corrected chi connectivity index (χ2v) is 11.8. The van der Waals surface area contributed by atoms with Gasteiger partial charge in [-0.25, -0.2) is 4.79 Å². The molecule has 3 aromatic carbocycles. The maximum Gasteiger partial charge on any atom is 0.414 e. The van der Waals surface area contributed by atoms with E-state index in [2.05, 4.69) is 10.6 Å². The highest BCUT2D eigenvalue weighted by molar-refractivity contribution is 5.98. The Kier molecular flexibility index (Phi) is 10.6. The highest BCUT2D eigenvalue weighted by Gasteiger charge is 2.39. The maximum absolute atomic E-state index is 13.5. The molecule has 3 atom stereocenters. The number of hydrogen-bond acceptors (Lipinski definition) is 6. The second kappa shape index (κ2) is 14.3. The first-order valence-corrected chi connectivity index (χ1v) is 14.6. The van der Waals surface area contributed by atoms with Crippen molar-refractivity contribution >= 4 is 23.6 Å². The number of morpholine rings is 1. The lowest BCUT2D eigenvalue weighted by Gasteiger charge is -2.36. The van der Waals surface area contributed by atoms with Crippen LogP contribution in [0.25, 0.3) is 0 Å². The van der Waals surface area contributed by atoms with Gasteiger partial charge >= 0.3 is 6.09 Å². The predicted octanol–water partition coefficient (Wildman–Crippen LogP) is 4.15. The van der Waals surface area contributed by atoms with Gasteiger partial charge in [-0.15, -0.1) is 0 Å². The molecule has 0 unspecified atom stereocenters. The minimum absolute atomic E-state index is 0.0890. The molecule has 0 aliphatic carbocycles. The molecule has 9 heteroatoms. The topological polar surface area (TPSA) is 123 Å². The zero-order valence-corrected chi connectivity index (χ0v) is 25.3. The standard InChI is InChI=1S/C34H42N4O5/c1-34(2,3)37-32(40)27-22-43-26(21-36-27)20-19-23-13-11-12-18-28(23)38(33(41)42-4)30(31(35)39)29(24-14-7-5-8-15-24)25-16-9-6-10-17-25/h5-18,26-27,29-30,36H,19-22H2,1-4H3,(H2,35,39)(H,37,40)/t26-,27+,30+/m1/s1. The highest BCUT2D eigenvalue weighted by Crippen LogP contribution is 2.35. The monoisotopic (exact) mass is 586 g/mol. The molecule has 43 heavy (non-hydrogen) atoms. The highest BCUT2D eigenvalue weighted by atomic mass is 16.5. The minimum atomic E-state index is -1.08. The van der Waals surface area contributed by atoms with Crippen molar-refractivity contribution in [3.63, 3.8) is 0 Å². The van der Waals surface area contributed by atoms with Crippen molar-refractivity contribution in [1.29, 1.82) is 0 Å². The number of aryl methyl sites for hydroxylation is 1. The van der Waals surface area contributed by atoms with E-state index < -0.39 is 30.0 Å². The fourth-order valence-corrected chi connectivity index (χ4v) is 5.49. The minimum Gasteiger partial charge on any atom is -0.452 e. The van der Waals surface area contributed by atoms with Crippen molar-refractivity contribution in [1.82, 2.24) is 10.6 Å². The third-order valence-corrected chi connectivity index (χ3v) is 7.47. The molecule has 4 rings (SSSR count). The zero-order valence-electron chi connectivity index (χ0n) is 25.3. The number of hydrogen-bond donors (Lipinski definition) is 3. The lowest BCUT2D eigenvalue weighted by Crippen LogP contribution is -2.57. The van der Waals surface area contributed by atoms with Crippen LogP contribution in [0.4, 0.5) is 10.5 Å². The average Bonchev–Trinajstić information content (AvgIpc) is 3.00. The Hall–Kier alpha value is -4.21. The molecule has 1 saturated heterocycles. The molecule has 0 bridgehead atoms. The van der Waals surface area contributed by atoms with Crippen LogP contribution in [0.5, 0.6) is 0 Å². The zero-order chi connectivity index (χ0) is 31.0. The molecule has 3 amide bonds. The smallest absolute Gasteiger partial charge is 0.414 e. The summed E-state index contributed by atoms with van der Waals surface area (Å²) in [6.45, 7) is 6.60. The number of carbonyl (C=O) groups excluding carboxylic acids is 3. The van der Waals surface area contributed by atoms with Crippen molar-refractivity contribution in [2.75, 3.05) is 25.2 Å². The molecule has 1 aliphatic heterocycles. The summed E-state index contributed by atoms with van der Waals surface area (Å²) in [5.74, 6) is -1.29. The summed E-state index contributed by atoms with van der Waals surface area (Å²) in [5, 5.41) is 6.28. The number of primary amides is 1. The van der Waals surface area contributed by atoms with Crippen LogP contribution in [0.15, 0.2) is 84.9 Å². The molecule has 9 nitrogen and oxygen atoms in total. The van der Waals surface area contributed by atoms with Crippen LogP contribution < -0.4 is 21.3 Å². The Bertz CT molecular complexity index is 1330. The Balaban J connectivity index is 1.61. The van der Waals surface area contributed by atoms with E-state index in [4.69, 9.17) is 15.2 Å².